The van der Waals surface area contributed by atoms with Gasteiger partial charge in [0.1, 0.15) is 0 Å². The second-order valence-corrected chi connectivity index (χ2v) is 7.09. The third kappa shape index (κ3) is 4.21. The number of carbonyl (C=O) groups excluding carboxylic acids is 1. The third-order valence-electron chi connectivity index (χ3n) is 5.01. The van der Waals surface area contributed by atoms with E-state index in [1.807, 2.05) is 43.3 Å². The number of amides is 1. The second-order valence-electron chi connectivity index (χ2n) is 7.09. The number of pyridine rings is 1. The number of fused-ring (bicyclic) bond motifs is 1. The van der Waals surface area contributed by atoms with E-state index in [-0.39, 0.29) is 24.4 Å². The number of aliphatic hydroxyl groups is 1. The van der Waals surface area contributed by atoms with Crippen LogP contribution in [0.25, 0.3) is 5.57 Å². The minimum Gasteiger partial charge on any atom is -0.395 e. The van der Waals surface area contributed by atoms with Gasteiger partial charge in [0.15, 0.2) is 0 Å². The molecular weight excluding hydrogens is 378 g/mol. The van der Waals surface area contributed by atoms with E-state index in [2.05, 4.69) is 31.7 Å². The first kappa shape index (κ1) is 19.7. The first-order valence-corrected chi connectivity index (χ1v) is 9.88. The highest BCUT2D eigenvalue weighted by Crippen LogP contribution is 2.32. The van der Waals surface area contributed by atoms with Crippen LogP contribution in [0.4, 0.5) is 5.69 Å². The normalized spacial score (nSPS) is 13.3. The number of hydrogen-bond donors (Lipinski definition) is 3. The molecule has 1 atom stereocenters. The third-order valence-corrected chi connectivity index (χ3v) is 5.01. The maximum atomic E-state index is 12.5. The highest BCUT2D eigenvalue weighted by atomic mass is 16.3. The molecule has 2 heterocycles. The molecule has 3 N–H and O–H groups in total. The van der Waals surface area contributed by atoms with Gasteiger partial charge in [0.05, 0.1) is 30.2 Å². The van der Waals surface area contributed by atoms with Gasteiger partial charge in [-0.1, -0.05) is 36.4 Å². The van der Waals surface area contributed by atoms with Crippen LogP contribution in [0, 0.1) is 0 Å². The van der Waals surface area contributed by atoms with Crippen LogP contribution in [0.5, 0.6) is 0 Å². The molecule has 1 aromatic carbocycles. The molecular formula is C23H23N5O2. The first-order chi connectivity index (χ1) is 14.7. The van der Waals surface area contributed by atoms with E-state index in [1.165, 1.54) is 0 Å². The van der Waals surface area contributed by atoms with Gasteiger partial charge in [-0.25, -0.2) is 9.97 Å². The van der Waals surface area contributed by atoms with Gasteiger partial charge in [0.2, 0.25) is 5.82 Å². The van der Waals surface area contributed by atoms with Crippen LogP contribution in [0.3, 0.4) is 0 Å². The first-order valence-electron chi connectivity index (χ1n) is 9.88. The number of hydrogen-bond acceptors (Lipinski definition) is 6. The van der Waals surface area contributed by atoms with Crippen LogP contribution < -0.4 is 10.6 Å². The molecule has 7 heteroatoms. The van der Waals surface area contributed by atoms with Crippen molar-refractivity contribution >= 4 is 17.2 Å². The fourth-order valence-electron chi connectivity index (χ4n) is 3.44. The lowest BCUT2D eigenvalue weighted by molar-refractivity contribution is 0.0929. The lowest BCUT2D eigenvalue weighted by Crippen LogP contribution is -2.28. The van der Waals surface area contributed by atoms with Crippen LogP contribution in [0.15, 0.2) is 61.1 Å². The zero-order chi connectivity index (χ0) is 20.9. The van der Waals surface area contributed by atoms with Crippen LogP contribution >= 0.6 is 0 Å². The highest BCUT2D eigenvalue weighted by Gasteiger charge is 2.19. The molecule has 0 fully saturated rings. The van der Waals surface area contributed by atoms with Gasteiger partial charge in [0.25, 0.3) is 5.91 Å². The molecule has 0 bridgehead atoms. The number of aromatic nitrogens is 3. The lowest BCUT2D eigenvalue weighted by atomic mass is 10.0. The molecule has 0 radical (unpaired) electrons. The lowest BCUT2D eigenvalue weighted by Gasteiger charge is -2.13. The minimum absolute atomic E-state index is 0.0556. The van der Waals surface area contributed by atoms with Crippen molar-refractivity contribution in [1.29, 1.82) is 0 Å². The van der Waals surface area contributed by atoms with Crippen molar-refractivity contribution in [3.8, 4) is 0 Å². The van der Waals surface area contributed by atoms with Crippen molar-refractivity contribution in [3.63, 3.8) is 0 Å². The molecule has 0 saturated heterocycles. The molecule has 0 spiro atoms. The zero-order valence-electron chi connectivity index (χ0n) is 16.7. The van der Waals surface area contributed by atoms with E-state index >= 15 is 0 Å². The second kappa shape index (κ2) is 8.84. The Morgan fingerprint density at radius 1 is 1.13 bits per heavy atom. The number of nitrogens with zero attached hydrogens (tertiary/aromatic N) is 3. The van der Waals surface area contributed by atoms with E-state index in [4.69, 9.17) is 5.11 Å². The van der Waals surface area contributed by atoms with Crippen molar-refractivity contribution in [2.24, 2.45) is 0 Å². The van der Waals surface area contributed by atoms with Crippen molar-refractivity contribution in [3.05, 3.63) is 89.3 Å². The summed E-state index contributed by atoms with van der Waals surface area (Å²) in [6, 6.07) is 11.6. The number of anilines is 1. The Morgan fingerprint density at radius 2 is 1.90 bits per heavy atom. The molecule has 0 saturated carbocycles. The largest absolute Gasteiger partial charge is 0.395 e. The fraction of sp³-hybridized carbons (Fsp3) is 0.217. The van der Waals surface area contributed by atoms with Gasteiger partial charge < -0.3 is 15.7 Å². The predicted molar refractivity (Wildman–Crippen MR) is 115 cm³/mol. The molecule has 1 aliphatic rings. The Hall–Kier alpha value is -3.58. The Bertz CT molecular complexity index is 1060. The SMILES string of the molecule is C[C@H](NC(=O)c1ncc(C2=CCc3ncc(NCCO)cc32)cn1)c1ccccc1. The summed E-state index contributed by atoms with van der Waals surface area (Å²) in [7, 11) is 0. The van der Waals surface area contributed by atoms with Crippen LogP contribution in [-0.4, -0.2) is 39.1 Å². The molecule has 1 amide bonds. The van der Waals surface area contributed by atoms with E-state index in [9.17, 15) is 4.79 Å². The highest BCUT2D eigenvalue weighted by molar-refractivity contribution is 5.91. The molecule has 3 aromatic rings. The van der Waals surface area contributed by atoms with E-state index in [0.717, 1.165) is 40.1 Å². The van der Waals surface area contributed by atoms with Gasteiger partial charge in [-0.2, -0.15) is 0 Å². The Kier molecular flexibility index (Phi) is 5.81. The number of benzene rings is 1. The maximum Gasteiger partial charge on any atom is 0.289 e. The molecule has 2 aromatic heterocycles. The smallest absolute Gasteiger partial charge is 0.289 e. The summed E-state index contributed by atoms with van der Waals surface area (Å²) >= 11 is 0. The molecule has 152 valence electrons. The van der Waals surface area contributed by atoms with Gasteiger partial charge in [-0.15, -0.1) is 0 Å². The van der Waals surface area contributed by atoms with Gasteiger partial charge >= 0.3 is 0 Å². The standard InChI is InChI=1S/C23H23N5O2/c1-15(16-5-3-2-4-6-16)28-23(30)22-26-12-17(13-27-22)19-7-8-21-20(19)11-18(14-25-21)24-9-10-29/h2-7,11-15,24,29H,8-10H2,1H3,(H,28,30)/t15-/m0/s1. The van der Waals surface area contributed by atoms with Crippen LogP contribution in [0.2, 0.25) is 0 Å². The van der Waals surface area contributed by atoms with E-state index in [0.29, 0.717) is 6.54 Å². The van der Waals surface area contributed by atoms with Gasteiger partial charge in [-0.3, -0.25) is 9.78 Å². The molecule has 7 nitrogen and oxygen atoms in total. The summed E-state index contributed by atoms with van der Waals surface area (Å²) < 4.78 is 0. The van der Waals surface area contributed by atoms with Crippen molar-refractivity contribution in [2.75, 3.05) is 18.5 Å². The number of aliphatic hydroxyl groups excluding tert-OH is 1. The van der Waals surface area contributed by atoms with Crippen molar-refractivity contribution in [2.45, 2.75) is 19.4 Å². The Morgan fingerprint density at radius 3 is 2.63 bits per heavy atom. The van der Waals surface area contributed by atoms with Gasteiger partial charge in [0, 0.05) is 36.5 Å². The fourth-order valence-corrected chi connectivity index (χ4v) is 3.44. The number of rotatable bonds is 7. The predicted octanol–water partition coefficient (Wildman–Crippen LogP) is 2.75. The van der Waals surface area contributed by atoms with Crippen molar-refractivity contribution < 1.29 is 9.90 Å². The molecule has 0 aliphatic heterocycles. The maximum absolute atomic E-state index is 12.5. The average Bonchev–Trinajstić information content (AvgIpc) is 3.21. The average molecular weight is 401 g/mol. The number of carbonyl (C=O) groups is 1. The van der Waals surface area contributed by atoms with E-state index < -0.39 is 0 Å². The number of nitrogens with one attached hydrogen (secondary N) is 2. The van der Waals surface area contributed by atoms with Crippen molar-refractivity contribution in [1.82, 2.24) is 20.3 Å². The molecule has 0 unspecified atom stereocenters. The zero-order valence-corrected chi connectivity index (χ0v) is 16.7. The molecule has 4 rings (SSSR count). The summed E-state index contributed by atoms with van der Waals surface area (Å²) in [4.78, 5) is 25.6. The molecule has 1 aliphatic carbocycles. The quantitative estimate of drug-likeness (QED) is 0.563. The summed E-state index contributed by atoms with van der Waals surface area (Å²) in [5.41, 5.74) is 5.70. The number of allylic oxidation sites excluding steroid dienone is 1. The summed E-state index contributed by atoms with van der Waals surface area (Å²) in [6.45, 7) is 2.45. The van der Waals surface area contributed by atoms with E-state index in [1.54, 1.807) is 18.6 Å². The Labute approximate surface area is 174 Å². The monoisotopic (exact) mass is 401 g/mol. The summed E-state index contributed by atoms with van der Waals surface area (Å²) in [5.74, 6) is -0.173. The van der Waals surface area contributed by atoms with Gasteiger partial charge in [-0.05, 0) is 24.1 Å². The van der Waals surface area contributed by atoms with Crippen LogP contribution in [0.1, 0.15) is 46.0 Å². The van der Waals surface area contributed by atoms with Crippen LogP contribution in [-0.2, 0) is 6.42 Å². The Balaban J connectivity index is 1.48. The molecule has 30 heavy (non-hydrogen) atoms. The topological polar surface area (TPSA) is 100 Å². The summed E-state index contributed by atoms with van der Waals surface area (Å²) in [5, 5.41) is 15.1. The minimum atomic E-state index is -0.309. The summed E-state index contributed by atoms with van der Waals surface area (Å²) in [6.07, 6.45) is 7.93.